The molecule has 1 amide bonds. The molecule has 0 aliphatic heterocycles. The van der Waals surface area contributed by atoms with E-state index in [1.165, 1.54) is 12.1 Å². The van der Waals surface area contributed by atoms with E-state index in [0.29, 0.717) is 12.0 Å². The molecule has 0 fully saturated rings. The number of carbonyl (C=O) groups excluding carboxylic acids is 1. The van der Waals surface area contributed by atoms with E-state index in [1.54, 1.807) is 6.92 Å². The van der Waals surface area contributed by atoms with Crippen LogP contribution in [0.1, 0.15) is 15.9 Å². The maximum absolute atomic E-state index is 10.7. The Balaban J connectivity index is 3.36. The summed E-state index contributed by atoms with van der Waals surface area (Å²) in [4.78, 5) is 20.9. The summed E-state index contributed by atoms with van der Waals surface area (Å²) in [5, 5.41) is 20.4. The molecule has 1 aromatic rings. The molecule has 74 valence electrons. The van der Waals surface area contributed by atoms with E-state index in [4.69, 9.17) is 5.11 Å². The third-order valence-corrected chi connectivity index (χ3v) is 1.81. The van der Waals surface area contributed by atoms with Crippen LogP contribution in [-0.4, -0.2) is 22.6 Å². The third-order valence-electron chi connectivity index (χ3n) is 1.81. The second-order valence-electron chi connectivity index (χ2n) is 2.72. The molecule has 0 heterocycles. The number of amides is 1. The first kappa shape index (κ1) is 10.0. The number of phenolic OH excluding ortho intramolecular Hbond substituents is 1. The molecule has 0 aliphatic carbocycles. The minimum Gasteiger partial charge on any atom is -0.505 e. The van der Waals surface area contributed by atoms with Gasteiger partial charge in [0, 0.05) is 0 Å². The Morgan fingerprint density at radius 1 is 1.50 bits per heavy atom. The van der Waals surface area contributed by atoms with Gasteiger partial charge in [-0.2, -0.15) is 0 Å². The molecular formula is C9H9NO4. The fourth-order valence-electron chi connectivity index (χ4n) is 1.08. The summed E-state index contributed by atoms with van der Waals surface area (Å²) in [6.07, 6.45) is 0.320. The number of aromatic hydroxyl groups is 1. The smallest absolute Gasteiger partial charge is 0.337 e. The Kier molecular flexibility index (Phi) is 2.71. The van der Waals surface area contributed by atoms with E-state index in [1.807, 2.05) is 0 Å². The molecule has 0 bridgehead atoms. The lowest BCUT2D eigenvalue weighted by atomic mass is 10.1. The minimum atomic E-state index is -1.20. The van der Waals surface area contributed by atoms with Crippen molar-refractivity contribution in [2.45, 2.75) is 6.92 Å². The molecular weight excluding hydrogens is 186 g/mol. The van der Waals surface area contributed by atoms with E-state index in [0.717, 1.165) is 0 Å². The van der Waals surface area contributed by atoms with Crippen molar-refractivity contribution in [3.63, 3.8) is 0 Å². The summed E-state index contributed by atoms with van der Waals surface area (Å²) >= 11 is 0. The molecule has 1 rings (SSSR count). The van der Waals surface area contributed by atoms with E-state index in [-0.39, 0.29) is 17.0 Å². The summed E-state index contributed by atoms with van der Waals surface area (Å²) < 4.78 is 0. The zero-order valence-electron chi connectivity index (χ0n) is 7.44. The van der Waals surface area contributed by atoms with Gasteiger partial charge in [0.1, 0.15) is 5.75 Å². The van der Waals surface area contributed by atoms with Crippen LogP contribution in [-0.2, 0) is 4.79 Å². The zero-order valence-corrected chi connectivity index (χ0v) is 7.44. The van der Waals surface area contributed by atoms with Gasteiger partial charge in [0.2, 0.25) is 6.41 Å². The lowest BCUT2D eigenvalue weighted by molar-refractivity contribution is -0.105. The first-order valence-electron chi connectivity index (χ1n) is 3.84. The maximum atomic E-state index is 10.7. The van der Waals surface area contributed by atoms with Crippen LogP contribution in [0.4, 0.5) is 5.69 Å². The fourth-order valence-corrected chi connectivity index (χ4v) is 1.08. The van der Waals surface area contributed by atoms with Gasteiger partial charge in [-0.05, 0) is 18.6 Å². The van der Waals surface area contributed by atoms with Gasteiger partial charge in [-0.1, -0.05) is 6.07 Å². The van der Waals surface area contributed by atoms with Crippen molar-refractivity contribution in [1.82, 2.24) is 0 Å². The number of carbonyl (C=O) groups is 2. The highest BCUT2D eigenvalue weighted by Crippen LogP contribution is 2.30. The predicted octanol–water partition coefficient (Wildman–Crippen LogP) is 0.967. The molecule has 0 spiro atoms. The molecule has 0 aromatic heterocycles. The van der Waals surface area contributed by atoms with Gasteiger partial charge in [0.25, 0.3) is 0 Å². The molecule has 0 atom stereocenters. The van der Waals surface area contributed by atoms with Crippen LogP contribution in [0.15, 0.2) is 12.1 Å². The minimum absolute atomic E-state index is 0.0764. The highest BCUT2D eigenvalue weighted by atomic mass is 16.4. The van der Waals surface area contributed by atoms with Crippen molar-refractivity contribution >= 4 is 18.1 Å². The predicted molar refractivity (Wildman–Crippen MR) is 49.5 cm³/mol. The summed E-state index contributed by atoms with van der Waals surface area (Å²) in [6.45, 7) is 1.61. The number of aromatic carboxylic acids is 1. The van der Waals surface area contributed by atoms with Crippen molar-refractivity contribution in [3.05, 3.63) is 23.3 Å². The molecule has 0 saturated heterocycles. The second-order valence-corrected chi connectivity index (χ2v) is 2.72. The van der Waals surface area contributed by atoms with Gasteiger partial charge in [0.05, 0.1) is 11.3 Å². The van der Waals surface area contributed by atoms with Crippen molar-refractivity contribution in [2.75, 3.05) is 5.32 Å². The van der Waals surface area contributed by atoms with Crippen LogP contribution in [0.3, 0.4) is 0 Å². The molecule has 0 saturated carbocycles. The van der Waals surface area contributed by atoms with Crippen LogP contribution in [0.2, 0.25) is 0 Å². The molecule has 5 nitrogen and oxygen atoms in total. The summed E-state index contributed by atoms with van der Waals surface area (Å²) in [5.74, 6) is -1.43. The Labute approximate surface area is 80.0 Å². The average molecular weight is 195 g/mol. The van der Waals surface area contributed by atoms with Crippen molar-refractivity contribution < 1.29 is 19.8 Å². The van der Waals surface area contributed by atoms with Gasteiger partial charge in [-0.3, -0.25) is 4.79 Å². The molecule has 0 radical (unpaired) electrons. The summed E-state index contributed by atoms with van der Waals surface area (Å²) in [5.41, 5.74) is 0.284. The van der Waals surface area contributed by atoms with E-state index in [9.17, 15) is 14.7 Å². The topological polar surface area (TPSA) is 86.6 Å². The average Bonchev–Trinajstić information content (AvgIpc) is 2.13. The molecule has 14 heavy (non-hydrogen) atoms. The van der Waals surface area contributed by atoms with Crippen LogP contribution >= 0.6 is 0 Å². The number of aryl methyl sites for hydroxylation is 1. The largest absolute Gasteiger partial charge is 0.505 e. The Bertz CT molecular complexity index is 387. The quantitative estimate of drug-likeness (QED) is 0.495. The number of nitrogens with one attached hydrogen (secondary N) is 1. The van der Waals surface area contributed by atoms with Crippen molar-refractivity contribution in [2.24, 2.45) is 0 Å². The standard InChI is InChI=1S/C9H9NO4/c1-5-2-3-6(9(13)14)7(8(5)12)10-4-11/h2-4,12H,1H3,(H,10,11)(H,13,14). The van der Waals surface area contributed by atoms with Crippen molar-refractivity contribution in [1.29, 1.82) is 0 Å². The molecule has 3 N–H and O–H groups in total. The number of hydrogen-bond donors (Lipinski definition) is 3. The summed E-state index contributed by atoms with van der Waals surface area (Å²) in [7, 11) is 0. The molecule has 0 aliphatic rings. The third kappa shape index (κ3) is 1.66. The molecule has 1 aromatic carbocycles. The van der Waals surface area contributed by atoms with Crippen LogP contribution in [0.5, 0.6) is 5.75 Å². The first-order valence-corrected chi connectivity index (χ1v) is 3.84. The van der Waals surface area contributed by atoms with E-state index >= 15 is 0 Å². The monoisotopic (exact) mass is 195 g/mol. The number of carboxylic acid groups (broad SMARTS) is 1. The first-order chi connectivity index (χ1) is 6.57. The number of phenols is 1. The Morgan fingerprint density at radius 2 is 2.14 bits per heavy atom. The van der Waals surface area contributed by atoms with Crippen LogP contribution in [0.25, 0.3) is 0 Å². The van der Waals surface area contributed by atoms with Crippen LogP contribution < -0.4 is 5.32 Å². The fraction of sp³-hybridized carbons (Fsp3) is 0.111. The normalized spacial score (nSPS) is 9.50. The zero-order chi connectivity index (χ0) is 10.7. The Hall–Kier alpha value is -2.04. The van der Waals surface area contributed by atoms with Gasteiger partial charge >= 0.3 is 5.97 Å². The van der Waals surface area contributed by atoms with Crippen LogP contribution in [0, 0.1) is 6.92 Å². The molecule has 5 heteroatoms. The number of rotatable bonds is 3. The number of carboxylic acids is 1. The second kappa shape index (κ2) is 3.78. The SMILES string of the molecule is Cc1ccc(C(=O)O)c(NC=O)c1O. The van der Waals surface area contributed by atoms with Gasteiger partial charge in [-0.15, -0.1) is 0 Å². The highest BCUT2D eigenvalue weighted by Gasteiger charge is 2.14. The maximum Gasteiger partial charge on any atom is 0.337 e. The lowest BCUT2D eigenvalue weighted by Crippen LogP contribution is -2.05. The number of anilines is 1. The summed E-state index contributed by atoms with van der Waals surface area (Å²) in [6, 6.07) is 2.79. The number of hydrogen-bond acceptors (Lipinski definition) is 3. The Morgan fingerprint density at radius 3 is 2.64 bits per heavy atom. The van der Waals surface area contributed by atoms with E-state index in [2.05, 4.69) is 5.32 Å². The number of benzene rings is 1. The molecule has 0 unspecified atom stereocenters. The van der Waals surface area contributed by atoms with Gasteiger partial charge in [-0.25, -0.2) is 4.79 Å². The highest BCUT2D eigenvalue weighted by molar-refractivity contribution is 5.98. The van der Waals surface area contributed by atoms with Crippen molar-refractivity contribution in [3.8, 4) is 5.75 Å². The van der Waals surface area contributed by atoms with Gasteiger partial charge < -0.3 is 15.5 Å². The van der Waals surface area contributed by atoms with E-state index < -0.39 is 5.97 Å². The van der Waals surface area contributed by atoms with Gasteiger partial charge in [0.15, 0.2) is 0 Å². The lowest BCUT2D eigenvalue weighted by Gasteiger charge is -2.08.